The third-order valence-electron chi connectivity index (χ3n) is 7.07. The highest BCUT2D eigenvalue weighted by atomic mass is 19.1. The molecule has 10 nitrogen and oxygen atoms in total. The molecule has 0 aliphatic carbocycles. The standard InChI is InChI=1S/C29H31F2N5O5/c1-29(2,3)41-28(39)36-14-17-11-18(36)13-35(17)23-10-16(15-37)20(31)12-22(23)34-27(38)21-8-9-32-26(33-21)25-19(30)6-5-7-24(25)40-4/h5-10,12,17-18,37H,11,13-15H2,1-4H3,(H,34,38)/t17-,18-/m0/s1. The van der Waals surface area contributed by atoms with Crippen LogP contribution in [0.4, 0.5) is 25.0 Å². The molecule has 2 bridgehead atoms. The van der Waals surface area contributed by atoms with Gasteiger partial charge in [-0.3, -0.25) is 4.79 Å². The number of rotatable bonds is 6. The van der Waals surface area contributed by atoms with Crippen LogP contribution in [0.1, 0.15) is 43.2 Å². The van der Waals surface area contributed by atoms with Crippen molar-refractivity contribution in [2.24, 2.45) is 0 Å². The number of hydrogen-bond acceptors (Lipinski definition) is 8. The highest BCUT2D eigenvalue weighted by Crippen LogP contribution is 2.40. The van der Waals surface area contributed by atoms with Gasteiger partial charge in [-0.1, -0.05) is 6.07 Å². The molecular formula is C29H31F2N5O5. The molecule has 0 saturated carbocycles. The van der Waals surface area contributed by atoms with E-state index in [4.69, 9.17) is 9.47 Å². The van der Waals surface area contributed by atoms with Crippen LogP contribution in [0.3, 0.4) is 0 Å². The second-order valence-corrected chi connectivity index (χ2v) is 11.0. The Labute approximate surface area is 235 Å². The van der Waals surface area contributed by atoms with E-state index < -0.39 is 29.7 Å². The van der Waals surface area contributed by atoms with Crippen molar-refractivity contribution in [2.45, 2.75) is 51.5 Å². The number of anilines is 2. The number of amides is 2. The molecule has 41 heavy (non-hydrogen) atoms. The smallest absolute Gasteiger partial charge is 0.410 e. The molecule has 216 valence electrons. The summed E-state index contributed by atoms with van der Waals surface area (Å²) in [6, 6.07) is 8.07. The van der Waals surface area contributed by atoms with E-state index in [1.807, 2.05) is 25.7 Å². The minimum Gasteiger partial charge on any atom is -0.496 e. The fourth-order valence-corrected chi connectivity index (χ4v) is 5.25. The highest BCUT2D eigenvalue weighted by Gasteiger charge is 2.47. The summed E-state index contributed by atoms with van der Waals surface area (Å²) in [5, 5.41) is 12.4. The number of carbonyl (C=O) groups excluding carboxylic acids is 2. The minimum absolute atomic E-state index is 0.00585. The van der Waals surface area contributed by atoms with Crippen molar-refractivity contribution in [3.8, 4) is 17.1 Å². The van der Waals surface area contributed by atoms with E-state index in [1.54, 1.807) is 11.0 Å². The lowest BCUT2D eigenvalue weighted by atomic mass is 10.1. The third-order valence-corrected chi connectivity index (χ3v) is 7.07. The number of ether oxygens (including phenoxy) is 2. The number of fused-ring (bicyclic) bond motifs is 2. The van der Waals surface area contributed by atoms with Gasteiger partial charge in [0.1, 0.15) is 28.7 Å². The first-order valence-corrected chi connectivity index (χ1v) is 13.2. The van der Waals surface area contributed by atoms with Crippen LogP contribution >= 0.6 is 0 Å². The van der Waals surface area contributed by atoms with E-state index in [2.05, 4.69) is 15.3 Å². The third kappa shape index (κ3) is 5.64. The maximum absolute atomic E-state index is 14.8. The summed E-state index contributed by atoms with van der Waals surface area (Å²) < 4.78 is 40.2. The number of nitrogens with zero attached hydrogens (tertiary/aromatic N) is 4. The topological polar surface area (TPSA) is 117 Å². The van der Waals surface area contributed by atoms with Crippen LogP contribution in [-0.4, -0.2) is 69.9 Å². The number of aromatic nitrogens is 2. The van der Waals surface area contributed by atoms with Crippen molar-refractivity contribution in [3.63, 3.8) is 0 Å². The quantitative estimate of drug-likeness (QED) is 0.451. The zero-order valence-corrected chi connectivity index (χ0v) is 23.1. The van der Waals surface area contributed by atoms with Crippen molar-refractivity contribution < 1.29 is 33.0 Å². The number of methoxy groups -OCH3 is 1. The number of aliphatic hydroxyl groups is 1. The van der Waals surface area contributed by atoms with Gasteiger partial charge in [-0.05, 0) is 57.5 Å². The van der Waals surface area contributed by atoms with Gasteiger partial charge in [0.15, 0.2) is 5.82 Å². The Kier molecular flexibility index (Phi) is 7.52. The van der Waals surface area contributed by atoms with E-state index >= 15 is 0 Å². The Morgan fingerprint density at radius 2 is 1.90 bits per heavy atom. The molecule has 0 unspecified atom stereocenters. The highest BCUT2D eigenvalue weighted by molar-refractivity contribution is 6.05. The van der Waals surface area contributed by atoms with E-state index in [0.29, 0.717) is 25.2 Å². The van der Waals surface area contributed by atoms with Gasteiger partial charge in [0.05, 0.1) is 36.7 Å². The molecule has 3 aromatic rings. The molecule has 0 radical (unpaired) electrons. The molecule has 2 atom stereocenters. The largest absolute Gasteiger partial charge is 0.496 e. The van der Waals surface area contributed by atoms with Gasteiger partial charge in [-0.2, -0.15) is 0 Å². The van der Waals surface area contributed by atoms with Crippen LogP contribution in [-0.2, 0) is 11.3 Å². The number of benzene rings is 2. The SMILES string of the molecule is COc1cccc(F)c1-c1nccc(C(=O)Nc2cc(F)c(CO)cc2N2C[C@@H]3C[C@H]2CN3C(=O)OC(C)(C)C)n1. The molecule has 12 heteroatoms. The minimum atomic E-state index is -0.689. The number of piperazine rings is 1. The van der Waals surface area contributed by atoms with Crippen molar-refractivity contribution in [3.05, 3.63) is 65.5 Å². The maximum atomic E-state index is 14.8. The normalized spacial score (nSPS) is 18.0. The van der Waals surface area contributed by atoms with E-state index in [-0.39, 0.29) is 52.3 Å². The summed E-state index contributed by atoms with van der Waals surface area (Å²) >= 11 is 0. The zero-order valence-electron chi connectivity index (χ0n) is 23.1. The predicted octanol–water partition coefficient (Wildman–Crippen LogP) is 4.37. The average molecular weight is 568 g/mol. The maximum Gasteiger partial charge on any atom is 0.410 e. The molecule has 2 N–H and O–H groups in total. The van der Waals surface area contributed by atoms with Gasteiger partial charge in [0.2, 0.25) is 0 Å². The van der Waals surface area contributed by atoms with E-state index in [0.717, 1.165) is 6.07 Å². The van der Waals surface area contributed by atoms with Gasteiger partial charge >= 0.3 is 6.09 Å². The summed E-state index contributed by atoms with van der Waals surface area (Å²) in [7, 11) is 1.39. The van der Waals surface area contributed by atoms with Gasteiger partial charge in [-0.15, -0.1) is 0 Å². The summed E-state index contributed by atoms with van der Waals surface area (Å²) in [6.45, 7) is 5.74. The lowest BCUT2D eigenvalue weighted by Crippen LogP contribution is -2.50. The zero-order chi connectivity index (χ0) is 29.5. The number of hydrogen-bond donors (Lipinski definition) is 2. The lowest BCUT2D eigenvalue weighted by molar-refractivity contribution is 0.0214. The first kappa shape index (κ1) is 28.2. The predicted molar refractivity (Wildman–Crippen MR) is 147 cm³/mol. The van der Waals surface area contributed by atoms with Gasteiger partial charge < -0.3 is 29.7 Å². The Morgan fingerprint density at radius 1 is 1.12 bits per heavy atom. The molecule has 2 fully saturated rings. The second kappa shape index (κ2) is 10.9. The second-order valence-electron chi connectivity index (χ2n) is 11.0. The molecule has 2 aliphatic rings. The summed E-state index contributed by atoms with van der Waals surface area (Å²) in [6.07, 6.45) is 1.61. The molecule has 2 amide bonds. The Morgan fingerprint density at radius 3 is 2.56 bits per heavy atom. The molecule has 2 saturated heterocycles. The molecule has 0 spiro atoms. The number of halogens is 2. The van der Waals surface area contributed by atoms with Crippen molar-refractivity contribution in [1.29, 1.82) is 0 Å². The lowest BCUT2D eigenvalue weighted by Gasteiger charge is -2.37. The van der Waals surface area contributed by atoms with E-state index in [9.17, 15) is 23.5 Å². The Hall–Kier alpha value is -4.32. The number of nitrogens with one attached hydrogen (secondary N) is 1. The summed E-state index contributed by atoms with van der Waals surface area (Å²) in [5.41, 5.74) is 0.0558. The van der Waals surface area contributed by atoms with Crippen LogP contribution in [0, 0.1) is 11.6 Å². The van der Waals surface area contributed by atoms with Crippen molar-refractivity contribution in [2.75, 3.05) is 30.4 Å². The van der Waals surface area contributed by atoms with Gasteiger partial charge in [0.25, 0.3) is 5.91 Å². The van der Waals surface area contributed by atoms with Crippen molar-refractivity contribution >= 4 is 23.4 Å². The first-order chi connectivity index (χ1) is 19.5. The van der Waals surface area contributed by atoms with Gasteiger partial charge in [0, 0.05) is 30.9 Å². The molecule has 1 aromatic heterocycles. The number of aliphatic hydroxyl groups excluding tert-OH is 1. The van der Waals surface area contributed by atoms with Crippen LogP contribution < -0.4 is 15.0 Å². The van der Waals surface area contributed by atoms with Crippen LogP contribution in [0.25, 0.3) is 11.4 Å². The molecule has 5 rings (SSSR count). The number of carbonyl (C=O) groups is 2. The van der Waals surface area contributed by atoms with Crippen LogP contribution in [0.15, 0.2) is 42.6 Å². The number of likely N-dealkylation sites (tertiary alicyclic amines) is 1. The fraction of sp³-hybridized carbons (Fsp3) is 0.379. The average Bonchev–Trinajstić information content (AvgIpc) is 3.54. The molecular weight excluding hydrogens is 536 g/mol. The van der Waals surface area contributed by atoms with Crippen LogP contribution in [0.5, 0.6) is 5.75 Å². The monoisotopic (exact) mass is 567 g/mol. The fourth-order valence-electron chi connectivity index (χ4n) is 5.25. The van der Waals surface area contributed by atoms with Crippen molar-refractivity contribution in [1.82, 2.24) is 14.9 Å². The molecule has 2 aromatic carbocycles. The Balaban J connectivity index is 1.41. The van der Waals surface area contributed by atoms with E-state index in [1.165, 1.54) is 37.6 Å². The van der Waals surface area contributed by atoms with Crippen LogP contribution in [0.2, 0.25) is 0 Å². The molecule has 3 heterocycles. The summed E-state index contributed by atoms with van der Waals surface area (Å²) in [4.78, 5) is 38.1. The van der Waals surface area contributed by atoms with Gasteiger partial charge in [-0.25, -0.2) is 23.5 Å². The molecule has 2 aliphatic heterocycles. The Bertz CT molecular complexity index is 1490. The summed E-state index contributed by atoms with van der Waals surface area (Å²) in [5.74, 6) is -1.81. The first-order valence-electron chi connectivity index (χ1n) is 13.2.